The Morgan fingerprint density at radius 2 is 1.85 bits per heavy atom. The van der Waals surface area contributed by atoms with Gasteiger partial charge in [0.2, 0.25) is 0 Å². The second-order valence-electron chi connectivity index (χ2n) is 5.94. The van der Waals surface area contributed by atoms with Gasteiger partial charge < -0.3 is 15.8 Å². The highest BCUT2D eigenvalue weighted by Gasteiger charge is 2.30. The van der Waals surface area contributed by atoms with Crippen molar-refractivity contribution in [3.05, 3.63) is 29.6 Å². The minimum Gasteiger partial charge on any atom is -0.409 e. The molecule has 0 aromatic heterocycles. The minimum atomic E-state index is -0.367. The third-order valence-electron chi connectivity index (χ3n) is 4.03. The number of rotatable bonds is 6. The molecule has 0 saturated heterocycles. The van der Waals surface area contributed by atoms with E-state index in [0.29, 0.717) is 5.56 Å². The van der Waals surface area contributed by atoms with E-state index < -0.39 is 0 Å². The topological polar surface area (TPSA) is 61.9 Å². The molecule has 0 atom stereocenters. The largest absolute Gasteiger partial charge is 0.409 e. The third-order valence-corrected chi connectivity index (χ3v) is 4.03. The van der Waals surface area contributed by atoms with E-state index in [0.717, 1.165) is 30.6 Å². The van der Waals surface area contributed by atoms with E-state index in [9.17, 15) is 4.39 Å². The van der Waals surface area contributed by atoms with Gasteiger partial charge in [-0.1, -0.05) is 5.16 Å². The molecule has 20 heavy (non-hydrogen) atoms. The zero-order chi connectivity index (χ0) is 14.1. The average molecular weight is 277 g/mol. The molecule has 1 aromatic rings. The van der Waals surface area contributed by atoms with Crippen LogP contribution in [0.3, 0.4) is 0 Å². The first-order chi connectivity index (χ1) is 9.67. The number of nitrogens with zero attached hydrogens (tertiary/aromatic N) is 2. The second kappa shape index (κ2) is 5.31. The highest BCUT2D eigenvalue weighted by molar-refractivity contribution is 6.02. The summed E-state index contributed by atoms with van der Waals surface area (Å²) in [5.74, 6) is 1.07. The number of halogens is 1. The summed E-state index contributed by atoms with van der Waals surface area (Å²) in [5, 5.41) is 11.9. The van der Waals surface area contributed by atoms with Gasteiger partial charge in [0.05, 0.1) is 0 Å². The molecule has 3 N–H and O–H groups in total. The van der Waals surface area contributed by atoms with Gasteiger partial charge in [0.15, 0.2) is 5.84 Å². The van der Waals surface area contributed by atoms with Crippen LogP contribution in [-0.2, 0) is 0 Å². The molecule has 3 rings (SSSR count). The van der Waals surface area contributed by atoms with Gasteiger partial charge >= 0.3 is 0 Å². The van der Waals surface area contributed by atoms with Crippen LogP contribution in [0.4, 0.5) is 10.1 Å². The summed E-state index contributed by atoms with van der Waals surface area (Å²) in [4.78, 5) is 2.28. The van der Waals surface area contributed by atoms with Crippen LogP contribution < -0.4 is 10.6 Å². The van der Waals surface area contributed by atoms with Crippen molar-refractivity contribution in [1.29, 1.82) is 0 Å². The van der Waals surface area contributed by atoms with Crippen LogP contribution >= 0.6 is 0 Å². The van der Waals surface area contributed by atoms with Gasteiger partial charge in [-0.05, 0) is 55.7 Å². The summed E-state index contributed by atoms with van der Waals surface area (Å²) in [5.41, 5.74) is 7.06. The van der Waals surface area contributed by atoms with Crippen molar-refractivity contribution in [2.24, 2.45) is 22.7 Å². The molecule has 0 bridgehead atoms. The number of nitrogens with two attached hydrogens (primary N) is 1. The Morgan fingerprint density at radius 3 is 2.35 bits per heavy atom. The van der Waals surface area contributed by atoms with E-state index in [4.69, 9.17) is 10.9 Å². The van der Waals surface area contributed by atoms with Gasteiger partial charge in [0.1, 0.15) is 5.82 Å². The number of anilines is 1. The molecule has 1 aromatic carbocycles. The lowest BCUT2D eigenvalue weighted by atomic mass is 10.1. The van der Waals surface area contributed by atoms with Crippen molar-refractivity contribution in [1.82, 2.24) is 0 Å². The van der Waals surface area contributed by atoms with E-state index in [2.05, 4.69) is 10.1 Å². The van der Waals surface area contributed by atoms with E-state index in [-0.39, 0.29) is 11.7 Å². The summed E-state index contributed by atoms with van der Waals surface area (Å²) < 4.78 is 13.4. The first-order valence-corrected chi connectivity index (χ1v) is 7.19. The highest BCUT2D eigenvalue weighted by Crippen LogP contribution is 2.36. The van der Waals surface area contributed by atoms with Crippen molar-refractivity contribution in [2.75, 3.05) is 18.0 Å². The molecule has 0 heterocycles. The summed E-state index contributed by atoms with van der Waals surface area (Å²) in [7, 11) is 0. The molecule has 2 saturated carbocycles. The highest BCUT2D eigenvalue weighted by atomic mass is 19.1. The molecule has 2 aliphatic rings. The Kier molecular flexibility index (Phi) is 3.51. The van der Waals surface area contributed by atoms with Crippen LogP contribution in [0.15, 0.2) is 23.4 Å². The van der Waals surface area contributed by atoms with E-state index in [1.807, 2.05) is 0 Å². The molecule has 4 nitrogen and oxygen atoms in total. The van der Waals surface area contributed by atoms with E-state index in [1.165, 1.54) is 37.8 Å². The summed E-state index contributed by atoms with van der Waals surface area (Å²) >= 11 is 0. The molecular weight excluding hydrogens is 257 g/mol. The first kappa shape index (κ1) is 13.2. The van der Waals surface area contributed by atoms with Gasteiger partial charge in [-0.25, -0.2) is 4.39 Å². The molecular formula is C15H20FN3O. The minimum absolute atomic E-state index is 0.0314. The van der Waals surface area contributed by atoms with Crippen LogP contribution in [-0.4, -0.2) is 24.1 Å². The van der Waals surface area contributed by atoms with E-state index >= 15 is 0 Å². The molecule has 2 fully saturated rings. The zero-order valence-electron chi connectivity index (χ0n) is 11.4. The maximum Gasteiger partial charge on any atom is 0.172 e. The predicted molar refractivity (Wildman–Crippen MR) is 76.6 cm³/mol. The van der Waals surface area contributed by atoms with Gasteiger partial charge in [-0.15, -0.1) is 0 Å². The number of hydrogen-bond acceptors (Lipinski definition) is 3. The summed E-state index contributed by atoms with van der Waals surface area (Å²) in [6.45, 7) is 1.96. The first-order valence-electron chi connectivity index (χ1n) is 7.19. The maximum atomic E-state index is 13.4. The number of benzene rings is 1. The second-order valence-corrected chi connectivity index (χ2v) is 5.94. The molecule has 2 aliphatic carbocycles. The van der Waals surface area contributed by atoms with Crippen LogP contribution in [0.5, 0.6) is 0 Å². The Hall–Kier alpha value is -1.78. The fourth-order valence-corrected chi connectivity index (χ4v) is 2.54. The van der Waals surface area contributed by atoms with Gasteiger partial charge in [0.25, 0.3) is 0 Å². The monoisotopic (exact) mass is 277 g/mol. The predicted octanol–water partition coefficient (Wildman–Crippen LogP) is 2.55. The van der Waals surface area contributed by atoms with Crippen LogP contribution in [0.2, 0.25) is 0 Å². The molecule has 108 valence electrons. The van der Waals surface area contributed by atoms with Crippen LogP contribution in [0.25, 0.3) is 0 Å². The van der Waals surface area contributed by atoms with Crippen molar-refractivity contribution in [3.63, 3.8) is 0 Å². The molecule has 0 aliphatic heterocycles. The number of hydrogen-bond donors (Lipinski definition) is 2. The van der Waals surface area contributed by atoms with Gasteiger partial charge in [-0.2, -0.15) is 0 Å². The lowest BCUT2D eigenvalue weighted by Crippen LogP contribution is -2.30. The average Bonchev–Trinajstić information content (AvgIpc) is 3.32. The number of oxime groups is 1. The Labute approximate surface area is 118 Å². The Balaban J connectivity index is 1.90. The fraction of sp³-hybridized carbons (Fsp3) is 0.533. The normalized spacial score (nSPS) is 19.1. The molecule has 0 unspecified atom stereocenters. The molecule has 0 spiro atoms. The Bertz CT molecular complexity index is 510. The van der Waals surface area contributed by atoms with Crippen molar-refractivity contribution >= 4 is 11.5 Å². The van der Waals surface area contributed by atoms with Crippen LogP contribution in [0, 0.1) is 17.7 Å². The summed E-state index contributed by atoms with van der Waals surface area (Å²) in [6, 6.07) is 4.53. The van der Waals surface area contributed by atoms with Gasteiger partial charge in [0, 0.05) is 24.3 Å². The van der Waals surface area contributed by atoms with Crippen molar-refractivity contribution in [2.45, 2.75) is 25.7 Å². The van der Waals surface area contributed by atoms with E-state index in [1.54, 1.807) is 6.07 Å². The summed E-state index contributed by atoms with van der Waals surface area (Å²) in [6.07, 6.45) is 5.06. The van der Waals surface area contributed by atoms with Crippen LogP contribution in [0.1, 0.15) is 31.2 Å². The standard InChI is InChI=1S/C15H20FN3O/c16-12-5-6-14(13(7-12)15(17)18-20)19(8-10-1-2-10)9-11-3-4-11/h5-7,10-11,20H,1-4,8-9H2,(H2,17,18). The Morgan fingerprint density at radius 1 is 1.25 bits per heavy atom. The molecule has 0 radical (unpaired) electrons. The quantitative estimate of drug-likeness (QED) is 0.363. The van der Waals surface area contributed by atoms with Crippen molar-refractivity contribution in [3.8, 4) is 0 Å². The maximum absolute atomic E-state index is 13.4. The lowest BCUT2D eigenvalue weighted by Gasteiger charge is -2.27. The number of amidine groups is 1. The van der Waals surface area contributed by atoms with Gasteiger partial charge in [-0.3, -0.25) is 0 Å². The fourth-order valence-electron chi connectivity index (χ4n) is 2.54. The molecule has 0 amide bonds. The SMILES string of the molecule is NC(=NO)c1cc(F)ccc1N(CC1CC1)CC1CC1. The lowest BCUT2D eigenvalue weighted by molar-refractivity contribution is 0.318. The third kappa shape index (κ3) is 3.03. The molecule has 5 heteroatoms. The van der Waals surface area contributed by atoms with Crippen molar-refractivity contribution < 1.29 is 9.60 Å². The smallest absolute Gasteiger partial charge is 0.172 e. The zero-order valence-corrected chi connectivity index (χ0v) is 11.4.